The first-order valence-corrected chi connectivity index (χ1v) is 12.6. The van der Waals surface area contributed by atoms with E-state index in [9.17, 15) is 39.9 Å². The van der Waals surface area contributed by atoms with Gasteiger partial charge >= 0.3 is 21.6 Å². The van der Waals surface area contributed by atoms with Gasteiger partial charge in [0.05, 0.1) is 10.2 Å². The molecule has 178 valence electrons. The van der Waals surface area contributed by atoms with Crippen molar-refractivity contribution in [2.24, 2.45) is 0 Å². The molecule has 33 heavy (non-hydrogen) atoms. The number of hydrogen-bond donors (Lipinski definition) is 2. The summed E-state index contributed by atoms with van der Waals surface area (Å²) in [5.41, 5.74) is -7.07. The van der Waals surface area contributed by atoms with Crippen molar-refractivity contribution in [1.82, 2.24) is 9.71 Å². The van der Waals surface area contributed by atoms with Crippen LogP contribution in [0.4, 0.5) is 13.2 Å². The van der Waals surface area contributed by atoms with Gasteiger partial charge in [0.25, 0.3) is 10.0 Å². The van der Waals surface area contributed by atoms with Crippen molar-refractivity contribution in [3.63, 3.8) is 0 Å². The Morgan fingerprint density at radius 1 is 1.09 bits per heavy atom. The number of para-hydroxylation sites is 1. The van der Waals surface area contributed by atoms with E-state index in [0.717, 1.165) is 42.5 Å². The molecular formula is C18H15F3N2O7S3. The Kier molecular flexibility index (Phi) is 6.45. The van der Waals surface area contributed by atoms with Crippen molar-refractivity contribution in [1.29, 1.82) is 0 Å². The molecule has 0 aliphatic carbocycles. The summed E-state index contributed by atoms with van der Waals surface area (Å²) in [6.45, 7) is 1.11. The lowest BCUT2D eigenvalue weighted by Crippen LogP contribution is -2.53. The summed E-state index contributed by atoms with van der Waals surface area (Å²) in [6.07, 6.45) is -0.418. The average Bonchev–Trinajstić information content (AvgIpc) is 3.13. The summed E-state index contributed by atoms with van der Waals surface area (Å²) in [7, 11) is -10.2. The second-order valence-corrected chi connectivity index (χ2v) is 11.4. The molecule has 1 aromatic heterocycles. The third-order valence-electron chi connectivity index (χ3n) is 4.31. The highest BCUT2D eigenvalue weighted by molar-refractivity contribution is 7.91. The molecule has 0 bridgehead atoms. The third-order valence-corrected chi connectivity index (χ3v) is 8.29. The van der Waals surface area contributed by atoms with Crippen LogP contribution < -0.4 is 8.91 Å². The Balaban J connectivity index is 1.83. The quantitative estimate of drug-likeness (QED) is 0.339. The van der Waals surface area contributed by atoms with E-state index in [0.29, 0.717) is 10.2 Å². The minimum absolute atomic E-state index is 0.184. The number of carboxylic acids is 1. The second kappa shape index (κ2) is 8.55. The molecule has 0 saturated heterocycles. The minimum atomic E-state index is -5.87. The van der Waals surface area contributed by atoms with Gasteiger partial charge in [0.1, 0.15) is 11.3 Å². The first-order chi connectivity index (χ1) is 15.1. The molecule has 0 spiro atoms. The maximum atomic E-state index is 12.8. The van der Waals surface area contributed by atoms with Gasteiger partial charge in [-0.2, -0.15) is 26.3 Å². The van der Waals surface area contributed by atoms with E-state index in [1.165, 1.54) is 0 Å². The van der Waals surface area contributed by atoms with Crippen LogP contribution in [0.3, 0.4) is 0 Å². The third kappa shape index (κ3) is 5.43. The van der Waals surface area contributed by atoms with Crippen LogP contribution in [0.15, 0.2) is 52.9 Å². The van der Waals surface area contributed by atoms with Crippen LogP contribution in [-0.4, -0.2) is 43.9 Å². The van der Waals surface area contributed by atoms with Crippen LogP contribution in [-0.2, 0) is 31.4 Å². The number of aromatic nitrogens is 1. The van der Waals surface area contributed by atoms with Crippen LogP contribution in [0.25, 0.3) is 10.2 Å². The first kappa shape index (κ1) is 24.9. The number of carbonyl (C=O) groups is 1. The lowest BCUT2D eigenvalue weighted by atomic mass is 9.94. The number of rotatable bonds is 8. The standard InChI is InChI=1S/C18H15F3N2O7S3/c1-17(15(24)25,23-32(26,27)16-22-13-4-2-3-5-14(13)31-16)10-11-6-8-12(9-7-11)30-33(28,29)18(19,20)21/h2-9,23H,10H2,1H3,(H,24,25)/t17-/m0/s1. The highest BCUT2D eigenvalue weighted by Crippen LogP contribution is 2.29. The maximum Gasteiger partial charge on any atom is 0.534 e. The van der Waals surface area contributed by atoms with Crippen molar-refractivity contribution in [2.75, 3.05) is 0 Å². The molecule has 0 saturated carbocycles. The Morgan fingerprint density at radius 3 is 2.24 bits per heavy atom. The Hall–Kier alpha value is -2.75. The number of sulfonamides is 1. The van der Waals surface area contributed by atoms with Crippen LogP contribution >= 0.6 is 11.3 Å². The zero-order valence-electron chi connectivity index (χ0n) is 16.5. The van der Waals surface area contributed by atoms with Crippen LogP contribution in [0, 0.1) is 0 Å². The number of carboxylic acid groups (broad SMARTS) is 1. The fourth-order valence-corrected chi connectivity index (χ4v) is 5.75. The summed E-state index contributed by atoms with van der Waals surface area (Å²) in [5.74, 6) is -2.17. The number of thiazole rings is 1. The molecule has 0 radical (unpaired) electrons. The van der Waals surface area contributed by atoms with Crippen molar-refractivity contribution < 1.29 is 44.1 Å². The smallest absolute Gasteiger partial charge is 0.480 e. The molecule has 2 N–H and O–H groups in total. The van der Waals surface area contributed by atoms with E-state index in [1.54, 1.807) is 24.3 Å². The van der Waals surface area contributed by atoms with Gasteiger partial charge in [0.2, 0.25) is 4.34 Å². The fraction of sp³-hybridized carbons (Fsp3) is 0.222. The highest BCUT2D eigenvalue weighted by atomic mass is 32.2. The molecule has 0 aliphatic heterocycles. The van der Waals surface area contributed by atoms with Crippen molar-refractivity contribution >= 4 is 47.7 Å². The van der Waals surface area contributed by atoms with Gasteiger partial charge in [-0.15, -0.1) is 11.3 Å². The summed E-state index contributed by atoms with van der Waals surface area (Å²) in [4.78, 5) is 15.9. The van der Waals surface area contributed by atoms with Gasteiger partial charge in [-0.05, 0) is 36.8 Å². The number of nitrogens with one attached hydrogen (secondary N) is 1. The van der Waals surface area contributed by atoms with Gasteiger partial charge in [0.15, 0.2) is 0 Å². The van der Waals surface area contributed by atoms with Crippen LogP contribution in [0.1, 0.15) is 12.5 Å². The van der Waals surface area contributed by atoms with E-state index in [-0.39, 0.29) is 9.90 Å². The van der Waals surface area contributed by atoms with Crippen molar-refractivity contribution in [2.45, 2.75) is 28.7 Å². The predicted octanol–water partition coefficient (Wildman–Crippen LogP) is 2.89. The van der Waals surface area contributed by atoms with Gasteiger partial charge in [-0.3, -0.25) is 4.79 Å². The lowest BCUT2D eigenvalue weighted by molar-refractivity contribution is -0.143. The molecule has 3 aromatic rings. The Labute approximate surface area is 190 Å². The molecule has 0 aliphatic rings. The number of nitrogens with zero attached hydrogens (tertiary/aromatic N) is 1. The molecule has 3 rings (SSSR count). The van der Waals surface area contributed by atoms with Crippen LogP contribution in [0.5, 0.6) is 5.75 Å². The van der Waals surface area contributed by atoms with Gasteiger partial charge in [-0.25, -0.2) is 13.4 Å². The SMILES string of the molecule is C[C@@](Cc1ccc(OS(=O)(=O)C(F)(F)F)cc1)(NS(=O)(=O)c1nc2ccccc2s1)C(=O)O. The zero-order valence-corrected chi connectivity index (χ0v) is 19.0. The largest absolute Gasteiger partial charge is 0.534 e. The molecular weight excluding hydrogens is 509 g/mol. The molecule has 15 heteroatoms. The fourth-order valence-electron chi connectivity index (χ4n) is 2.71. The van der Waals surface area contributed by atoms with E-state index >= 15 is 0 Å². The van der Waals surface area contributed by atoms with E-state index in [2.05, 4.69) is 13.9 Å². The number of fused-ring (bicyclic) bond motifs is 1. The number of aliphatic carboxylic acids is 1. The minimum Gasteiger partial charge on any atom is -0.480 e. The average molecular weight is 525 g/mol. The monoisotopic (exact) mass is 524 g/mol. The first-order valence-electron chi connectivity index (χ1n) is 8.86. The number of benzene rings is 2. The lowest BCUT2D eigenvalue weighted by Gasteiger charge is -2.25. The molecule has 0 unspecified atom stereocenters. The van der Waals surface area contributed by atoms with Crippen molar-refractivity contribution in [3.8, 4) is 5.75 Å². The molecule has 2 aromatic carbocycles. The molecule has 1 atom stereocenters. The van der Waals surface area contributed by atoms with E-state index in [4.69, 9.17) is 0 Å². The topological polar surface area (TPSA) is 140 Å². The van der Waals surface area contributed by atoms with Gasteiger partial charge in [0, 0.05) is 6.42 Å². The zero-order chi connectivity index (χ0) is 24.7. The number of hydrogen-bond acceptors (Lipinski definition) is 8. The second-order valence-electron chi connectivity index (χ2n) is 6.99. The highest BCUT2D eigenvalue weighted by Gasteiger charge is 2.48. The summed E-state index contributed by atoms with van der Waals surface area (Å²) in [6, 6.07) is 10.6. The van der Waals surface area contributed by atoms with Gasteiger partial charge < -0.3 is 9.29 Å². The Morgan fingerprint density at radius 2 is 1.70 bits per heavy atom. The summed E-state index contributed by atoms with van der Waals surface area (Å²) in [5, 5.41) is 9.67. The summed E-state index contributed by atoms with van der Waals surface area (Å²) < 4.78 is 91.4. The normalized spacial score (nSPS) is 14.7. The molecule has 9 nitrogen and oxygen atoms in total. The van der Waals surface area contributed by atoms with E-state index < -0.39 is 49.3 Å². The van der Waals surface area contributed by atoms with Crippen LogP contribution in [0.2, 0.25) is 0 Å². The van der Waals surface area contributed by atoms with E-state index in [1.807, 2.05) is 0 Å². The molecule has 0 amide bonds. The molecule has 0 fully saturated rings. The summed E-state index contributed by atoms with van der Waals surface area (Å²) >= 11 is 0.852. The Bertz CT molecular complexity index is 1370. The molecule has 1 heterocycles. The van der Waals surface area contributed by atoms with Crippen molar-refractivity contribution in [3.05, 3.63) is 54.1 Å². The number of alkyl halides is 3. The van der Waals surface area contributed by atoms with Gasteiger partial charge in [-0.1, -0.05) is 24.3 Å². The maximum absolute atomic E-state index is 12.8. The predicted molar refractivity (Wildman–Crippen MR) is 112 cm³/mol. The number of halogens is 3.